The molecule has 0 aromatic heterocycles. The summed E-state index contributed by atoms with van der Waals surface area (Å²) in [6.07, 6.45) is -0.112. The largest absolute Gasteiger partial charge is 0.466 e. The van der Waals surface area contributed by atoms with Gasteiger partial charge in [0.05, 0.1) is 18.0 Å². The van der Waals surface area contributed by atoms with Crippen molar-refractivity contribution in [1.82, 2.24) is 0 Å². The molecule has 0 saturated carbocycles. The van der Waals surface area contributed by atoms with Gasteiger partial charge in [-0.25, -0.2) is 0 Å². The lowest BCUT2D eigenvalue weighted by Crippen LogP contribution is -2.08. The predicted molar refractivity (Wildman–Crippen MR) is 65.4 cm³/mol. The quantitative estimate of drug-likeness (QED) is 0.388. The van der Waals surface area contributed by atoms with Crippen LogP contribution in [-0.4, -0.2) is 17.5 Å². The summed E-state index contributed by atoms with van der Waals surface area (Å²) in [7, 11) is 0. The lowest BCUT2D eigenvalue weighted by Gasteiger charge is -2.06. The Morgan fingerprint density at radius 3 is 2.78 bits per heavy atom. The number of hydrogen-bond donors (Lipinski definition) is 1. The minimum atomic E-state index is -0.666. The Bertz CT molecular complexity index is 537. The van der Waals surface area contributed by atoms with E-state index in [1.54, 1.807) is 13.0 Å². The number of nitrogens with zero attached hydrogens (tertiary/aromatic N) is 2. The molecule has 0 unspecified atom stereocenters. The molecule has 0 N–H and O–H groups in total. The molecule has 6 nitrogen and oxygen atoms in total. The summed E-state index contributed by atoms with van der Waals surface area (Å²) in [5, 5.41) is 19.5. The van der Waals surface area contributed by atoms with E-state index in [-0.39, 0.29) is 24.3 Å². The molecule has 0 aliphatic carbocycles. The molecule has 7 heteroatoms. The molecule has 1 aromatic carbocycles. The van der Waals surface area contributed by atoms with E-state index in [1.165, 1.54) is 12.1 Å². The summed E-state index contributed by atoms with van der Waals surface area (Å²) in [5.41, 5.74) is -0.0605. The van der Waals surface area contributed by atoms with Gasteiger partial charge in [-0.05, 0) is 18.6 Å². The van der Waals surface area contributed by atoms with Crippen molar-refractivity contribution in [1.29, 1.82) is 5.26 Å². The molecule has 94 valence electrons. The van der Waals surface area contributed by atoms with Crippen LogP contribution in [0.3, 0.4) is 0 Å². The van der Waals surface area contributed by atoms with Gasteiger partial charge in [0.25, 0.3) is 5.69 Å². The summed E-state index contributed by atoms with van der Waals surface area (Å²) in [4.78, 5) is 21.8. The number of rotatable bonds is 4. The first kappa shape index (κ1) is 14.0. The van der Waals surface area contributed by atoms with Gasteiger partial charge in [0, 0.05) is 11.0 Å². The van der Waals surface area contributed by atoms with Crippen molar-refractivity contribution in [3.8, 4) is 6.07 Å². The first-order chi connectivity index (χ1) is 8.49. The van der Waals surface area contributed by atoms with E-state index < -0.39 is 10.9 Å². The summed E-state index contributed by atoms with van der Waals surface area (Å²) < 4.78 is 4.75. The maximum atomic E-state index is 11.3. The Labute approximate surface area is 109 Å². The van der Waals surface area contributed by atoms with Crippen molar-refractivity contribution < 1.29 is 14.5 Å². The molecular weight excluding hydrogens is 256 g/mol. The molecule has 0 amide bonds. The molecule has 0 bridgehead atoms. The Kier molecular flexibility index (Phi) is 4.68. The SMILES string of the molecule is CCOC(=O)Cc1cc([N+](=O)[O-])c(C#N)cc1S. The normalized spacial score (nSPS) is 9.61. The number of hydrogen-bond acceptors (Lipinski definition) is 6. The van der Waals surface area contributed by atoms with Gasteiger partial charge in [0.2, 0.25) is 0 Å². The van der Waals surface area contributed by atoms with Gasteiger partial charge < -0.3 is 4.74 Å². The zero-order valence-corrected chi connectivity index (χ0v) is 10.4. The van der Waals surface area contributed by atoms with Crippen LogP contribution in [0.15, 0.2) is 17.0 Å². The molecule has 0 heterocycles. The summed E-state index contributed by atoms with van der Waals surface area (Å²) >= 11 is 4.10. The van der Waals surface area contributed by atoms with Crippen LogP contribution in [0.4, 0.5) is 5.69 Å². The fourth-order valence-electron chi connectivity index (χ4n) is 1.37. The molecule has 0 aliphatic rings. The van der Waals surface area contributed by atoms with Crippen LogP contribution in [-0.2, 0) is 16.0 Å². The van der Waals surface area contributed by atoms with Gasteiger partial charge >= 0.3 is 5.97 Å². The predicted octanol–water partition coefficient (Wildman–Crippen LogP) is 1.86. The number of nitro groups is 1. The third-order valence-corrected chi connectivity index (χ3v) is 2.57. The zero-order chi connectivity index (χ0) is 13.7. The lowest BCUT2D eigenvalue weighted by atomic mass is 10.1. The van der Waals surface area contributed by atoms with Crippen molar-refractivity contribution in [2.45, 2.75) is 18.2 Å². The Morgan fingerprint density at radius 1 is 1.61 bits per heavy atom. The monoisotopic (exact) mass is 266 g/mol. The van der Waals surface area contributed by atoms with Crippen molar-refractivity contribution in [3.63, 3.8) is 0 Å². The molecule has 0 spiro atoms. The highest BCUT2D eigenvalue weighted by atomic mass is 32.1. The molecule has 0 aliphatic heterocycles. The van der Waals surface area contributed by atoms with Crippen LogP contribution < -0.4 is 0 Å². The molecule has 18 heavy (non-hydrogen) atoms. The number of benzene rings is 1. The highest BCUT2D eigenvalue weighted by Gasteiger charge is 2.18. The molecular formula is C11H10N2O4S. The summed E-state index contributed by atoms with van der Waals surface area (Å²) in [6, 6.07) is 4.17. The second-order valence-electron chi connectivity index (χ2n) is 3.35. The first-order valence-electron chi connectivity index (χ1n) is 5.05. The summed E-state index contributed by atoms with van der Waals surface area (Å²) in [6.45, 7) is 1.90. The lowest BCUT2D eigenvalue weighted by molar-refractivity contribution is -0.385. The number of carbonyl (C=O) groups is 1. The standard InChI is InChI=1S/C11H10N2O4S/c1-2-17-11(14)5-7-3-9(13(15)16)8(6-12)4-10(7)18/h3-4,18H,2,5H2,1H3. The Balaban J connectivity index is 3.14. The average molecular weight is 266 g/mol. The van der Waals surface area contributed by atoms with Crippen LogP contribution >= 0.6 is 12.6 Å². The van der Waals surface area contributed by atoms with Crippen LogP contribution in [0, 0.1) is 21.4 Å². The number of esters is 1. The number of ether oxygens (including phenoxy) is 1. The zero-order valence-electron chi connectivity index (χ0n) is 9.54. The van der Waals surface area contributed by atoms with Crippen molar-refractivity contribution in [2.75, 3.05) is 6.61 Å². The molecule has 0 saturated heterocycles. The minimum Gasteiger partial charge on any atom is -0.466 e. The van der Waals surface area contributed by atoms with Gasteiger partial charge in [-0.15, -0.1) is 12.6 Å². The van der Waals surface area contributed by atoms with Gasteiger partial charge in [0.1, 0.15) is 11.6 Å². The van der Waals surface area contributed by atoms with Gasteiger partial charge in [-0.2, -0.15) is 5.26 Å². The second kappa shape index (κ2) is 6.02. The number of nitriles is 1. The number of thiol groups is 1. The first-order valence-corrected chi connectivity index (χ1v) is 5.50. The molecule has 0 fully saturated rings. The van der Waals surface area contributed by atoms with E-state index in [2.05, 4.69) is 12.6 Å². The van der Waals surface area contributed by atoms with Gasteiger partial charge in [-0.1, -0.05) is 0 Å². The highest BCUT2D eigenvalue weighted by Crippen LogP contribution is 2.26. The number of carbonyl (C=O) groups excluding carboxylic acids is 1. The fourth-order valence-corrected chi connectivity index (χ4v) is 1.64. The molecule has 1 rings (SSSR count). The molecule has 0 radical (unpaired) electrons. The highest BCUT2D eigenvalue weighted by molar-refractivity contribution is 7.80. The minimum absolute atomic E-state index is 0.0855. The van der Waals surface area contributed by atoms with Crippen molar-refractivity contribution in [2.24, 2.45) is 0 Å². The van der Waals surface area contributed by atoms with E-state index in [0.717, 1.165) is 0 Å². The number of nitro benzene ring substituents is 1. The maximum absolute atomic E-state index is 11.3. The smallest absolute Gasteiger partial charge is 0.310 e. The van der Waals surface area contributed by atoms with E-state index in [4.69, 9.17) is 10.00 Å². The van der Waals surface area contributed by atoms with E-state index in [0.29, 0.717) is 10.5 Å². The third-order valence-electron chi connectivity index (χ3n) is 2.15. The third kappa shape index (κ3) is 3.21. The van der Waals surface area contributed by atoms with Crippen LogP contribution in [0.5, 0.6) is 0 Å². The van der Waals surface area contributed by atoms with Crippen molar-refractivity contribution in [3.05, 3.63) is 33.4 Å². The summed E-state index contributed by atoms with van der Waals surface area (Å²) in [5.74, 6) is -0.494. The molecule has 0 atom stereocenters. The fraction of sp³-hybridized carbons (Fsp3) is 0.273. The van der Waals surface area contributed by atoms with E-state index in [9.17, 15) is 14.9 Å². The van der Waals surface area contributed by atoms with Crippen LogP contribution in [0.2, 0.25) is 0 Å². The average Bonchev–Trinajstić information content (AvgIpc) is 2.31. The Morgan fingerprint density at radius 2 is 2.28 bits per heavy atom. The van der Waals surface area contributed by atoms with Crippen molar-refractivity contribution >= 4 is 24.3 Å². The van der Waals surface area contributed by atoms with E-state index in [1.807, 2.05) is 0 Å². The van der Waals surface area contributed by atoms with Crippen LogP contribution in [0.25, 0.3) is 0 Å². The Hall–Kier alpha value is -2.07. The van der Waals surface area contributed by atoms with Gasteiger partial charge in [-0.3, -0.25) is 14.9 Å². The molecule has 1 aromatic rings. The van der Waals surface area contributed by atoms with Gasteiger partial charge in [0.15, 0.2) is 0 Å². The topological polar surface area (TPSA) is 93.2 Å². The maximum Gasteiger partial charge on any atom is 0.310 e. The second-order valence-corrected chi connectivity index (χ2v) is 3.83. The van der Waals surface area contributed by atoms with Crippen LogP contribution in [0.1, 0.15) is 18.1 Å². The van der Waals surface area contributed by atoms with E-state index >= 15 is 0 Å².